The highest BCUT2D eigenvalue weighted by Gasteiger charge is 2.22. The molecule has 0 aromatic carbocycles. The maximum atomic E-state index is 12.0. The highest BCUT2D eigenvalue weighted by atomic mass is 35.5. The number of nitrogens with zero attached hydrogens (tertiary/aromatic N) is 2. The first-order chi connectivity index (χ1) is 8.56. The maximum Gasteiger partial charge on any atom is 0.340 e. The fraction of sp³-hybridized carbons (Fsp3) is 0.500. The molecule has 1 aromatic heterocycles. The summed E-state index contributed by atoms with van der Waals surface area (Å²) >= 11 is 5.74. The van der Waals surface area contributed by atoms with Crippen LogP contribution in [-0.4, -0.2) is 42.1 Å². The van der Waals surface area contributed by atoms with E-state index in [1.807, 2.05) is 0 Å². The summed E-state index contributed by atoms with van der Waals surface area (Å²) < 4.78 is 5.43. The van der Waals surface area contributed by atoms with E-state index in [-0.39, 0.29) is 22.5 Å². The minimum atomic E-state index is -0.425. The summed E-state index contributed by atoms with van der Waals surface area (Å²) in [7, 11) is 2.05. The van der Waals surface area contributed by atoms with Crippen LogP contribution in [0.1, 0.15) is 23.2 Å². The Labute approximate surface area is 111 Å². The number of hydrogen-bond acceptors (Lipinski definition) is 5. The molecule has 1 aromatic rings. The van der Waals surface area contributed by atoms with Crippen molar-refractivity contribution in [2.75, 3.05) is 25.9 Å². The number of nitrogens with two attached hydrogens (primary N) is 1. The standard InChI is InChI=1S/C12H16ClN3O2/c1-16-4-2-8(3-5-16)18-12(17)9-6-11(13)15-7-10(9)14/h6-8H,2-5,14H2,1H3. The maximum absolute atomic E-state index is 12.0. The third-order valence-electron chi connectivity index (χ3n) is 3.06. The zero-order chi connectivity index (χ0) is 13.1. The molecule has 1 fully saturated rings. The first-order valence-corrected chi connectivity index (χ1v) is 6.24. The van der Waals surface area contributed by atoms with Gasteiger partial charge in [-0.3, -0.25) is 0 Å². The Morgan fingerprint density at radius 1 is 1.56 bits per heavy atom. The van der Waals surface area contributed by atoms with Crippen LogP contribution in [-0.2, 0) is 4.74 Å². The van der Waals surface area contributed by atoms with Crippen molar-refractivity contribution in [3.63, 3.8) is 0 Å². The highest BCUT2D eigenvalue weighted by Crippen LogP contribution is 2.19. The molecule has 0 saturated carbocycles. The van der Waals surface area contributed by atoms with Crippen molar-refractivity contribution in [3.8, 4) is 0 Å². The average Bonchev–Trinajstić information content (AvgIpc) is 2.35. The topological polar surface area (TPSA) is 68.5 Å². The second kappa shape index (κ2) is 5.54. The summed E-state index contributed by atoms with van der Waals surface area (Å²) in [6, 6.07) is 1.44. The van der Waals surface area contributed by atoms with E-state index in [4.69, 9.17) is 22.1 Å². The number of ether oxygens (including phenoxy) is 1. The molecule has 0 bridgehead atoms. The lowest BCUT2D eigenvalue weighted by atomic mass is 10.1. The Hall–Kier alpha value is -1.33. The number of hydrogen-bond donors (Lipinski definition) is 1. The van der Waals surface area contributed by atoms with Gasteiger partial charge in [0.2, 0.25) is 0 Å². The van der Waals surface area contributed by atoms with Crippen molar-refractivity contribution < 1.29 is 9.53 Å². The van der Waals surface area contributed by atoms with E-state index in [1.165, 1.54) is 12.3 Å². The van der Waals surface area contributed by atoms with Crippen molar-refractivity contribution in [2.45, 2.75) is 18.9 Å². The number of carbonyl (C=O) groups is 1. The third kappa shape index (κ3) is 3.11. The molecule has 0 amide bonds. The van der Waals surface area contributed by atoms with Crippen LogP contribution >= 0.6 is 11.6 Å². The van der Waals surface area contributed by atoms with E-state index in [2.05, 4.69) is 16.9 Å². The average molecular weight is 270 g/mol. The van der Waals surface area contributed by atoms with Gasteiger partial charge in [-0.05, 0) is 26.0 Å². The number of nitrogen functional groups attached to an aromatic ring is 1. The van der Waals surface area contributed by atoms with Gasteiger partial charge in [0, 0.05) is 13.1 Å². The molecule has 1 aliphatic rings. The van der Waals surface area contributed by atoms with E-state index in [1.54, 1.807) is 0 Å². The molecule has 98 valence electrons. The number of rotatable bonds is 2. The van der Waals surface area contributed by atoms with Crippen LogP contribution in [0.25, 0.3) is 0 Å². The summed E-state index contributed by atoms with van der Waals surface area (Å²) in [5, 5.41) is 0.236. The van der Waals surface area contributed by atoms with Crippen LogP contribution in [0, 0.1) is 0 Å². The first kappa shape index (κ1) is 13.1. The summed E-state index contributed by atoms with van der Waals surface area (Å²) in [5.74, 6) is -0.425. The van der Waals surface area contributed by atoms with Gasteiger partial charge in [-0.1, -0.05) is 11.6 Å². The van der Waals surface area contributed by atoms with E-state index >= 15 is 0 Å². The van der Waals surface area contributed by atoms with Crippen LogP contribution in [0.2, 0.25) is 5.15 Å². The lowest BCUT2D eigenvalue weighted by Crippen LogP contribution is -2.35. The number of halogens is 1. The smallest absolute Gasteiger partial charge is 0.340 e. The number of likely N-dealkylation sites (tertiary alicyclic amines) is 1. The van der Waals surface area contributed by atoms with Gasteiger partial charge in [0.05, 0.1) is 17.4 Å². The van der Waals surface area contributed by atoms with E-state index in [9.17, 15) is 4.79 Å². The molecule has 1 aliphatic heterocycles. The van der Waals surface area contributed by atoms with E-state index < -0.39 is 5.97 Å². The minimum absolute atomic E-state index is 0.0416. The lowest BCUT2D eigenvalue weighted by molar-refractivity contribution is 0.0140. The van der Waals surface area contributed by atoms with Crippen LogP contribution in [0.4, 0.5) is 5.69 Å². The van der Waals surface area contributed by atoms with E-state index in [0.29, 0.717) is 0 Å². The summed E-state index contributed by atoms with van der Waals surface area (Å²) in [6.07, 6.45) is 3.02. The predicted molar refractivity (Wildman–Crippen MR) is 69.6 cm³/mol. The molecular weight excluding hydrogens is 254 g/mol. The van der Waals surface area contributed by atoms with Crippen LogP contribution in [0.15, 0.2) is 12.3 Å². The molecule has 2 rings (SSSR count). The zero-order valence-electron chi connectivity index (χ0n) is 10.2. The Bertz CT molecular complexity index is 445. The molecule has 1 saturated heterocycles. The van der Waals surface area contributed by atoms with Gasteiger partial charge in [0.15, 0.2) is 0 Å². The largest absolute Gasteiger partial charge is 0.459 e. The monoisotopic (exact) mass is 269 g/mol. The molecule has 0 radical (unpaired) electrons. The van der Waals surface area contributed by atoms with Gasteiger partial charge in [-0.25, -0.2) is 9.78 Å². The Morgan fingerprint density at radius 3 is 2.89 bits per heavy atom. The summed E-state index contributed by atoms with van der Waals surface area (Å²) in [4.78, 5) is 18.0. The van der Waals surface area contributed by atoms with Gasteiger partial charge >= 0.3 is 5.97 Å². The second-order valence-electron chi connectivity index (χ2n) is 4.50. The zero-order valence-corrected chi connectivity index (χ0v) is 11.0. The molecule has 18 heavy (non-hydrogen) atoms. The quantitative estimate of drug-likeness (QED) is 0.652. The number of aromatic nitrogens is 1. The van der Waals surface area contributed by atoms with Crippen LogP contribution in [0.3, 0.4) is 0 Å². The van der Waals surface area contributed by atoms with Crippen molar-refractivity contribution in [1.82, 2.24) is 9.88 Å². The number of esters is 1. The second-order valence-corrected chi connectivity index (χ2v) is 4.89. The molecule has 6 heteroatoms. The molecule has 0 unspecified atom stereocenters. The van der Waals surface area contributed by atoms with Crippen molar-refractivity contribution >= 4 is 23.3 Å². The number of carbonyl (C=O) groups excluding carboxylic acids is 1. The van der Waals surface area contributed by atoms with Gasteiger partial charge < -0.3 is 15.4 Å². The first-order valence-electron chi connectivity index (χ1n) is 5.87. The molecular formula is C12H16ClN3O2. The van der Waals surface area contributed by atoms with E-state index in [0.717, 1.165) is 25.9 Å². The Kier molecular flexibility index (Phi) is 4.04. The molecule has 2 heterocycles. The fourth-order valence-electron chi connectivity index (χ4n) is 1.93. The van der Waals surface area contributed by atoms with Crippen LogP contribution in [0.5, 0.6) is 0 Å². The molecule has 2 N–H and O–H groups in total. The Morgan fingerprint density at radius 2 is 2.22 bits per heavy atom. The Balaban J connectivity index is 2.01. The van der Waals surface area contributed by atoms with Crippen LogP contribution < -0.4 is 5.73 Å². The molecule has 0 aliphatic carbocycles. The third-order valence-corrected chi connectivity index (χ3v) is 3.27. The summed E-state index contributed by atoms with van der Waals surface area (Å²) in [6.45, 7) is 1.87. The van der Waals surface area contributed by atoms with Gasteiger partial charge in [0.1, 0.15) is 11.3 Å². The molecule has 0 spiro atoms. The summed E-state index contributed by atoms with van der Waals surface area (Å²) in [5.41, 5.74) is 6.26. The van der Waals surface area contributed by atoms with Crippen molar-refractivity contribution in [3.05, 3.63) is 23.0 Å². The van der Waals surface area contributed by atoms with Gasteiger partial charge in [-0.15, -0.1) is 0 Å². The van der Waals surface area contributed by atoms with Crippen molar-refractivity contribution in [2.24, 2.45) is 0 Å². The minimum Gasteiger partial charge on any atom is -0.459 e. The predicted octanol–water partition coefficient (Wildman–Crippen LogP) is 1.57. The van der Waals surface area contributed by atoms with Gasteiger partial charge in [-0.2, -0.15) is 0 Å². The number of pyridine rings is 1. The van der Waals surface area contributed by atoms with Gasteiger partial charge in [0.25, 0.3) is 0 Å². The molecule has 0 atom stereocenters. The number of anilines is 1. The molecule has 5 nitrogen and oxygen atoms in total. The van der Waals surface area contributed by atoms with Crippen molar-refractivity contribution in [1.29, 1.82) is 0 Å². The lowest BCUT2D eigenvalue weighted by Gasteiger charge is -2.28. The highest BCUT2D eigenvalue weighted by molar-refractivity contribution is 6.29. The fourth-order valence-corrected chi connectivity index (χ4v) is 2.09. The number of piperidine rings is 1. The SMILES string of the molecule is CN1CCC(OC(=O)c2cc(Cl)ncc2N)CC1. The normalized spacial score (nSPS) is 17.7.